The van der Waals surface area contributed by atoms with Gasteiger partial charge in [-0.2, -0.15) is 0 Å². The Bertz CT molecular complexity index is 737. The number of aliphatic carboxylic acids is 1. The molecular weight excluding hydrogens is 308 g/mol. The summed E-state index contributed by atoms with van der Waals surface area (Å²) >= 11 is 0. The number of carbonyl (C=O) groups is 2. The summed E-state index contributed by atoms with van der Waals surface area (Å²) < 4.78 is 5.23. The van der Waals surface area contributed by atoms with Crippen LogP contribution in [0, 0.1) is 11.3 Å². The van der Waals surface area contributed by atoms with Crippen LogP contribution in [-0.2, 0) is 4.79 Å². The second-order valence-corrected chi connectivity index (χ2v) is 6.54. The van der Waals surface area contributed by atoms with Gasteiger partial charge in [0, 0.05) is 24.2 Å². The van der Waals surface area contributed by atoms with Gasteiger partial charge in [-0.05, 0) is 24.5 Å². The second kappa shape index (κ2) is 6.11. The predicted molar refractivity (Wildman–Crippen MR) is 87.4 cm³/mol. The van der Waals surface area contributed by atoms with E-state index in [9.17, 15) is 14.7 Å². The highest BCUT2D eigenvalue weighted by Crippen LogP contribution is 2.38. The third-order valence-electron chi connectivity index (χ3n) is 4.97. The van der Waals surface area contributed by atoms with Gasteiger partial charge in [-0.1, -0.05) is 26.0 Å². The minimum absolute atomic E-state index is 0.0263. The Morgan fingerprint density at radius 1 is 1.29 bits per heavy atom. The van der Waals surface area contributed by atoms with Crippen LogP contribution in [-0.4, -0.2) is 40.0 Å². The first kappa shape index (κ1) is 16.2. The number of hydrogen-bond donors (Lipinski definition) is 1. The Morgan fingerprint density at radius 3 is 2.50 bits per heavy atom. The van der Waals surface area contributed by atoms with Gasteiger partial charge in [-0.3, -0.25) is 9.59 Å². The van der Waals surface area contributed by atoms with Gasteiger partial charge in [0.15, 0.2) is 12.2 Å². The van der Waals surface area contributed by atoms with Crippen LogP contribution in [0.3, 0.4) is 0 Å². The summed E-state index contributed by atoms with van der Waals surface area (Å²) in [7, 11) is 0. The third kappa shape index (κ3) is 2.68. The molecule has 0 radical (unpaired) electrons. The molecule has 1 aliphatic heterocycles. The van der Waals surface area contributed by atoms with Crippen LogP contribution in [0.2, 0.25) is 0 Å². The number of amides is 1. The molecule has 6 heteroatoms. The Morgan fingerprint density at radius 2 is 2.00 bits per heavy atom. The molecule has 1 aromatic carbocycles. The molecule has 0 spiro atoms. The molecule has 1 fully saturated rings. The van der Waals surface area contributed by atoms with Crippen LogP contribution in [0.4, 0.5) is 0 Å². The van der Waals surface area contributed by atoms with Crippen molar-refractivity contribution in [2.75, 3.05) is 13.1 Å². The maximum absolute atomic E-state index is 12.7. The van der Waals surface area contributed by atoms with Crippen molar-refractivity contribution >= 4 is 11.9 Å². The van der Waals surface area contributed by atoms with E-state index >= 15 is 0 Å². The van der Waals surface area contributed by atoms with Crippen molar-refractivity contribution in [2.24, 2.45) is 11.3 Å². The monoisotopic (exact) mass is 328 g/mol. The fourth-order valence-electron chi connectivity index (χ4n) is 3.22. The Labute approximate surface area is 140 Å². The number of carboxylic acid groups (broad SMARTS) is 1. The summed E-state index contributed by atoms with van der Waals surface area (Å²) in [5.74, 6) is -0.349. The number of carboxylic acids is 1. The molecule has 0 aliphatic carbocycles. The Hall–Kier alpha value is -2.63. The zero-order valence-corrected chi connectivity index (χ0v) is 13.7. The topological polar surface area (TPSA) is 83.6 Å². The Balaban J connectivity index is 1.77. The first-order valence-electron chi connectivity index (χ1n) is 7.95. The van der Waals surface area contributed by atoms with Crippen molar-refractivity contribution in [2.45, 2.75) is 20.3 Å². The molecule has 1 aliphatic rings. The van der Waals surface area contributed by atoms with E-state index in [-0.39, 0.29) is 18.4 Å². The summed E-state index contributed by atoms with van der Waals surface area (Å²) in [6.07, 6.45) is 3.46. The van der Waals surface area contributed by atoms with E-state index in [4.69, 9.17) is 4.42 Å². The molecule has 0 saturated carbocycles. The van der Waals surface area contributed by atoms with Gasteiger partial charge in [0.05, 0.1) is 11.6 Å². The molecule has 1 unspecified atom stereocenters. The highest BCUT2D eigenvalue weighted by molar-refractivity contribution is 5.95. The number of hydrogen-bond acceptors (Lipinski definition) is 4. The minimum atomic E-state index is -0.852. The molecule has 1 aromatic heterocycles. The van der Waals surface area contributed by atoms with Gasteiger partial charge in [0.1, 0.15) is 0 Å². The maximum atomic E-state index is 12.7. The van der Waals surface area contributed by atoms with Crippen LogP contribution in [0.25, 0.3) is 11.3 Å². The summed E-state index contributed by atoms with van der Waals surface area (Å²) in [6, 6.07) is 7.07. The number of carbonyl (C=O) groups excluding carboxylic acids is 1. The number of aromatic nitrogens is 1. The molecule has 1 amide bonds. The van der Waals surface area contributed by atoms with E-state index in [0.717, 1.165) is 5.56 Å². The molecule has 6 nitrogen and oxygen atoms in total. The fraction of sp³-hybridized carbons (Fsp3) is 0.389. The van der Waals surface area contributed by atoms with E-state index in [1.54, 1.807) is 35.4 Å². The molecule has 24 heavy (non-hydrogen) atoms. The van der Waals surface area contributed by atoms with Gasteiger partial charge < -0.3 is 14.4 Å². The summed E-state index contributed by atoms with van der Waals surface area (Å²) in [4.78, 5) is 29.9. The fourth-order valence-corrected chi connectivity index (χ4v) is 3.22. The van der Waals surface area contributed by atoms with Gasteiger partial charge in [-0.15, -0.1) is 0 Å². The van der Waals surface area contributed by atoms with Crippen molar-refractivity contribution in [1.82, 2.24) is 9.88 Å². The standard InChI is InChI=1S/C18H20N2O4/c1-12(2)18(17(22)23)7-8-20(10-18)16(21)14-5-3-13(4-6-14)15-9-19-11-24-15/h3-6,9,11-12H,7-8,10H2,1-2H3,(H,22,23). The molecule has 1 atom stereocenters. The van der Waals surface area contributed by atoms with Crippen molar-refractivity contribution < 1.29 is 19.1 Å². The van der Waals surface area contributed by atoms with Crippen molar-refractivity contribution in [3.63, 3.8) is 0 Å². The van der Waals surface area contributed by atoms with E-state index < -0.39 is 11.4 Å². The molecular formula is C18H20N2O4. The minimum Gasteiger partial charge on any atom is -0.481 e. The van der Waals surface area contributed by atoms with Gasteiger partial charge in [-0.25, -0.2) is 4.98 Å². The number of likely N-dealkylation sites (tertiary alicyclic amines) is 1. The van der Waals surface area contributed by atoms with Crippen LogP contribution in [0.5, 0.6) is 0 Å². The van der Waals surface area contributed by atoms with Crippen LogP contribution in [0.15, 0.2) is 41.3 Å². The van der Waals surface area contributed by atoms with Crippen molar-refractivity contribution in [3.05, 3.63) is 42.4 Å². The number of benzene rings is 1. The lowest BCUT2D eigenvalue weighted by Crippen LogP contribution is -2.40. The molecule has 1 saturated heterocycles. The first-order chi connectivity index (χ1) is 11.4. The van der Waals surface area contributed by atoms with Crippen LogP contribution in [0.1, 0.15) is 30.6 Å². The van der Waals surface area contributed by atoms with E-state index in [1.165, 1.54) is 6.39 Å². The van der Waals surface area contributed by atoms with E-state index in [2.05, 4.69) is 4.98 Å². The molecule has 1 N–H and O–H groups in total. The highest BCUT2D eigenvalue weighted by Gasteiger charge is 2.48. The SMILES string of the molecule is CC(C)C1(C(=O)O)CCN(C(=O)c2ccc(-c3cnco3)cc2)C1. The lowest BCUT2D eigenvalue weighted by Gasteiger charge is -2.28. The predicted octanol–water partition coefficient (Wildman–Crippen LogP) is 2.91. The third-order valence-corrected chi connectivity index (χ3v) is 4.97. The zero-order chi connectivity index (χ0) is 17.3. The van der Waals surface area contributed by atoms with Gasteiger partial charge >= 0.3 is 5.97 Å². The zero-order valence-electron chi connectivity index (χ0n) is 13.7. The summed E-state index contributed by atoms with van der Waals surface area (Å²) in [5.41, 5.74) is 0.533. The second-order valence-electron chi connectivity index (χ2n) is 6.54. The summed E-state index contributed by atoms with van der Waals surface area (Å²) in [6.45, 7) is 4.51. The van der Waals surface area contributed by atoms with Gasteiger partial charge in [0.25, 0.3) is 5.91 Å². The van der Waals surface area contributed by atoms with Crippen molar-refractivity contribution in [1.29, 1.82) is 0 Å². The van der Waals surface area contributed by atoms with Gasteiger partial charge in [0.2, 0.25) is 0 Å². The molecule has 0 bridgehead atoms. The number of nitrogens with zero attached hydrogens (tertiary/aromatic N) is 2. The van der Waals surface area contributed by atoms with Crippen molar-refractivity contribution in [3.8, 4) is 11.3 Å². The van der Waals surface area contributed by atoms with Crippen LogP contribution < -0.4 is 0 Å². The molecule has 2 aromatic rings. The molecule has 2 heterocycles. The average molecular weight is 328 g/mol. The Kier molecular flexibility index (Phi) is 4.13. The van der Waals surface area contributed by atoms with E-state index in [0.29, 0.717) is 24.3 Å². The number of oxazole rings is 1. The lowest BCUT2D eigenvalue weighted by atomic mass is 9.76. The quantitative estimate of drug-likeness (QED) is 0.933. The maximum Gasteiger partial charge on any atom is 0.311 e. The van der Waals surface area contributed by atoms with E-state index in [1.807, 2.05) is 13.8 Å². The first-order valence-corrected chi connectivity index (χ1v) is 7.95. The molecule has 126 valence electrons. The normalized spacial score (nSPS) is 20.5. The highest BCUT2D eigenvalue weighted by atomic mass is 16.4. The molecule has 3 rings (SSSR count). The summed E-state index contributed by atoms with van der Waals surface area (Å²) in [5, 5.41) is 9.59. The largest absolute Gasteiger partial charge is 0.481 e. The number of rotatable bonds is 4. The lowest BCUT2D eigenvalue weighted by molar-refractivity contribution is -0.150. The van der Waals surface area contributed by atoms with Crippen LogP contribution >= 0.6 is 0 Å². The smallest absolute Gasteiger partial charge is 0.311 e. The average Bonchev–Trinajstić information content (AvgIpc) is 3.24.